The van der Waals surface area contributed by atoms with Gasteiger partial charge in [-0.1, -0.05) is 0 Å². The molecule has 0 saturated heterocycles. The molecule has 0 fully saturated rings. The van der Waals surface area contributed by atoms with Crippen molar-refractivity contribution in [1.82, 2.24) is 9.44 Å². The summed E-state index contributed by atoms with van der Waals surface area (Å²) in [6.45, 7) is 6.32. The summed E-state index contributed by atoms with van der Waals surface area (Å²) >= 11 is 0. The largest absolute Gasteiger partial charge is 0.457 e. The van der Waals surface area contributed by atoms with Gasteiger partial charge in [0.15, 0.2) is 0 Å². The van der Waals surface area contributed by atoms with Crippen LogP contribution < -0.4 is 14.2 Å². The molecule has 13 heteroatoms. The van der Waals surface area contributed by atoms with Gasteiger partial charge in [0.2, 0.25) is 0 Å². The molecule has 0 radical (unpaired) electrons. The minimum atomic E-state index is -4.13. The molecule has 180 valence electrons. The lowest BCUT2D eigenvalue weighted by atomic mass is 10.3. The van der Waals surface area contributed by atoms with Gasteiger partial charge in [0, 0.05) is 0 Å². The standard InChI is InChI=1S/C20H24N2O9S2/c1-13(2)29-19(23)21-32(25,26)17-9-5-15(6-10-17)31-16-7-11-18(12-8-16)33(27,28)22-20(24)30-14(3)4/h5-14H,1-4H3,(H,21,23)(H,22,24). The van der Waals surface area contributed by atoms with E-state index in [0.717, 1.165) is 0 Å². The summed E-state index contributed by atoms with van der Waals surface area (Å²) in [6.07, 6.45) is -3.15. The summed E-state index contributed by atoms with van der Waals surface area (Å²) in [6, 6.07) is 10.3. The van der Waals surface area contributed by atoms with Crippen molar-refractivity contribution in [1.29, 1.82) is 0 Å². The van der Waals surface area contributed by atoms with Crippen LogP contribution in [-0.2, 0) is 29.5 Å². The molecule has 0 bridgehead atoms. The molecule has 2 rings (SSSR count). The Hall–Kier alpha value is -3.32. The first-order valence-corrected chi connectivity index (χ1v) is 12.6. The number of carbonyl (C=O) groups is 2. The normalized spacial score (nSPS) is 11.7. The van der Waals surface area contributed by atoms with E-state index in [-0.39, 0.29) is 21.3 Å². The number of carbonyl (C=O) groups excluding carboxylic acids is 2. The van der Waals surface area contributed by atoms with Crippen LogP contribution in [0.4, 0.5) is 9.59 Å². The zero-order valence-electron chi connectivity index (χ0n) is 18.3. The molecule has 2 aromatic carbocycles. The molecule has 0 unspecified atom stereocenters. The van der Waals surface area contributed by atoms with Gasteiger partial charge in [0.05, 0.1) is 22.0 Å². The fourth-order valence-corrected chi connectivity index (χ4v) is 4.08. The Bertz CT molecular complexity index is 1090. The molecular weight excluding hydrogens is 476 g/mol. The van der Waals surface area contributed by atoms with E-state index in [1.165, 1.54) is 48.5 Å². The number of nitrogens with one attached hydrogen (secondary N) is 2. The molecule has 2 amide bonds. The molecule has 11 nitrogen and oxygen atoms in total. The van der Waals surface area contributed by atoms with Crippen molar-refractivity contribution >= 4 is 32.2 Å². The van der Waals surface area contributed by atoms with Crippen LogP contribution in [-0.4, -0.2) is 41.2 Å². The van der Waals surface area contributed by atoms with Gasteiger partial charge in [-0.3, -0.25) is 0 Å². The first-order valence-electron chi connectivity index (χ1n) is 9.63. The first kappa shape index (κ1) is 25.9. The van der Waals surface area contributed by atoms with E-state index in [9.17, 15) is 26.4 Å². The molecule has 2 aromatic rings. The van der Waals surface area contributed by atoms with Crippen LogP contribution in [0.3, 0.4) is 0 Å². The highest BCUT2D eigenvalue weighted by Gasteiger charge is 2.20. The summed E-state index contributed by atoms with van der Waals surface area (Å²) in [5, 5.41) is 0. The maximum Gasteiger partial charge on any atom is 0.421 e. The second-order valence-electron chi connectivity index (χ2n) is 7.16. The third-order valence-electron chi connectivity index (χ3n) is 3.62. The smallest absolute Gasteiger partial charge is 0.421 e. The SMILES string of the molecule is CC(C)OC(=O)NS(=O)(=O)c1ccc(Oc2ccc(S(=O)(=O)NC(=O)OC(C)C)cc2)cc1. The number of ether oxygens (including phenoxy) is 3. The maximum absolute atomic E-state index is 12.2. The van der Waals surface area contributed by atoms with E-state index in [1.54, 1.807) is 37.1 Å². The molecule has 0 atom stereocenters. The predicted molar refractivity (Wildman–Crippen MR) is 117 cm³/mol. The van der Waals surface area contributed by atoms with Crippen LogP contribution in [0.1, 0.15) is 27.7 Å². The second-order valence-corrected chi connectivity index (χ2v) is 10.5. The van der Waals surface area contributed by atoms with Crippen molar-refractivity contribution in [2.45, 2.75) is 49.7 Å². The Morgan fingerprint density at radius 2 is 0.939 bits per heavy atom. The highest BCUT2D eigenvalue weighted by Crippen LogP contribution is 2.24. The van der Waals surface area contributed by atoms with Crippen molar-refractivity contribution in [3.05, 3.63) is 48.5 Å². The van der Waals surface area contributed by atoms with Crippen LogP contribution in [0.25, 0.3) is 0 Å². The van der Waals surface area contributed by atoms with Gasteiger partial charge in [-0.25, -0.2) is 35.9 Å². The van der Waals surface area contributed by atoms with Gasteiger partial charge in [-0.2, -0.15) is 0 Å². The van der Waals surface area contributed by atoms with Crippen LogP contribution in [0.5, 0.6) is 11.5 Å². The number of sulfonamides is 2. The summed E-state index contributed by atoms with van der Waals surface area (Å²) in [4.78, 5) is 22.7. The highest BCUT2D eigenvalue weighted by molar-refractivity contribution is 7.90. The first-order chi connectivity index (χ1) is 15.3. The fraction of sp³-hybridized carbons (Fsp3) is 0.300. The number of amides is 2. The molecule has 0 saturated carbocycles. The van der Waals surface area contributed by atoms with Gasteiger partial charge >= 0.3 is 12.2 Å². The van der Waals surface area contributed by atoms with E-state index in [4.69, 9.17) is 14.2 Å². The quantitative estimate of drug-likeness (QED) is 0.556. The van der Waals surface area contributed by atoms with Crippen LogP contribution in [0.2, 0.25) is 0 Å². The van der Waals surface area contributed by atoms with Crippen molar-refractivity contribution in [3.63, 3.8) is 0 Å². The lowest BCUT2D eigenvalue weighted by Crippen LogP contribution is -2.32. The Morgan fingerprint density at radius 1 is 0.636 bits per heavy atom. The zero-order valence-corrected chi connectivity index (χ0v) is 19.9. The Labute approximate surface area is 192 Å². The third-order valence-corrected chi connectivity index (χ3v) is 6.28. The minimum absolute atomic E-state index is 0.184. The summed E-state index contributed by atoms with van der Waals surface area (Å²) in [5.41, 5.74) is 0. The molecule has 0 spiro atoms. The molecule has 0 aliphatic rings. The Balaban J connectivity index is 2.05. The molecule has 0 aliphatic heterocycles. The topological polar surface area (TPSA) is 154 Å². The van der Waals surface area contributed by atoms with Crippen molar-refractivity contribution in [3.8, 4) is 11.5 Å². The fourth-order valence-electron chi connectivity index (χ4n) is 2.32. The van der Waals surface area contributed by atoms with E-state index < -0.39 is 44.4 Å². The van der Waals surface area contributed by atoms with Gasteiger partial charge < -0.3 is 14.2 Å². The van der Waals surface area contributed by atoms with E-state index in [0.29, 0.717) is 0 Å². The highest BCUT2D eigenvalue weighted by atomic mass is 32.2. The zero-order chi connectivity index (χ0) is 24.8. The predicted octanol–water partition coefficient (Wildman–Crippen LogP) is 3.13. The molecule has 2 N–H and O–H groups in total. The van der Waals surface area contributed by atoms with Gasteiger partial charge in [-0.15, -0.1) is 0 Å². The van der Waals surface area contributed by atoms with Gasteiger partial charge in [0.25, 0.3) is 20.0 Å². The van der Waals surface area contributed by atoms with Crippen LogP contribution >= 0.6 is 0 Å². The van der Waals surface area contributed by atoms with Crippen molar-refractivity contribution in [2.24, 2.45) is 0 Å². The number of hydrogen-bond donors (Lipinski definition) is 2. The molecule has 0 aliphatic carbocycles. The lowest BCUT2D eigenvalue weighted by molar-refractivity contribution is 0.120. The van der Waals surface area contributed by atoms with E-state index >= 15 is 0 Å². The molecular formula is C20H24N2O9S2. The summed E-state index contributed by atoms with van der Waals surface area (Å²) < 4.78 is 67.5. The number of rotatable bonds is 8. The molecule has 33 heavy (non-hydrogen) atoms. The van der Waals surface area contributed by atoms with E-state index in [1.807, 2.05) is 0 Å². The van der Waals surface area contributed by atoms with E-state index in [2.05, 4.69) is 0 Å². The minimum Gasteiger partial charge on any atom is -0.457 e. The van der Waals surface area contributed by atoms with Crippen molar-refractivity contribution < 1.29 is 40.6 Å². The third kappa shape index (κ3) is 7.95. The monoisotopic (exact) mass is 500 g/mol. The maximum atomic E-state index is 12.2. The number of benzene rings is 2. The summed E-state index contributed by atoms with van der Waals surface area (Å²) in [7, 11) is -8.25. The number of hydrogen-bond acceptors (Lipinski definition) is 9. The lowest BCUT2D eigenvalue weighted by Gasteiger charge is -2.11. The molecule has 0 aromatic heterocycles. The molecule has 0 heterocycles. The average molecular weight is 501 g/mol. The Morgan fingerprint density at radius 3 is 1.21 bits per heavy atom. The Kier molecular flexibility index (Phi) is 8.28. The average Bonchev–Trinajstić information content (AvgIpc) is 2.66. The van der Waals surface area contributed by atoms with Gasteiger partial charge in [-0.05, 0) is 76.2 Å². The summed E-state index contributed by atoms with van der Waals surface area (Å²) in [5.74, 6) is 0.515. The second kappa shape index (κ2) is 10.5. The van der Waals surface area contributed by atoms with Gasteiger partial charge in [0.1, 0.15) is 11.5 Å². The van der Waals surface area contributed by atoms with Crippen LogP contribution in [0.15, 0.2) is 58.3 Å². The van der Waals surface area contributed by atoms with Crippen LogP contribution in [0, 0.1) is 0 Å². The van der Waals surface area contributed by atoms with Crippen molar-refractivity contribution in [2.75, 3.05) is 0 Å².